The van der Waals surface area contributed by atoms with Crippen molar-refractivity contribution in [2.75, 3.05) is 5.84 Å². The summed E-state index contributed by atoms with van der Waals surface area (Å²) in [7, 11) is 0. The first-order valence-corrected chi connectivity index (χ1v) is 8.01. The molecule has 1 atom stereocenters. The van der Waals surface area contributed by atoms with Gasteiger partial charge in [0.25, 0.3) is 5.69 Å². The maximum atomic E-state index is 10.9. The highest BCUT2D eigenvalue weighted by Gasteiger charge is 2.19. The fraction of sp³-hybridized carbons (Fsp3) is 0.200. The maximum Gasteiger partial charge on any atom is 0.269 e. The van der Waals surface area contributed by atoms with Gasteiger partial charge >= 0.3 is 0 Å². The predicted molar refractivity (Wildman–Crippen MR) is 90.0 cm³/mol. The van der Waals surface area contributed by atoms with Gasteiger partial charge in [-0.3, -0.25) is 10.1 Å². The quantitative estimate of drug-likeness (QED) is 0.326. The average molecular weight is 345 g/mol. The van der Waals surface area contributed by atoms with E-state index in [1.807, 2.05) is 19.9 Å². The number of non-ortho nitro benzene ring substituents is 1. The van der Waals surface area contributed by atoms with E-state index in [0.717, 1.165) is 11.1 Å². The lowest BCUT2D eigenvalue weighted by Crippen LogP contribution is -2.12. The van der Waals surface area contributed by atoms with Crippen LogP contribution in [0.2, 0.25) is 0 Å². The van der Waals surface area contributed by atoms with Crippen molar-refractivity contribution < 1.29 is 9.34 Å². The number of nitro groups is 1. The number of hydrogen-bond acceptors (Lipinski definition) is 7. The highest BCUT2D eigenvalue weighted by atomic mass is 32.2. The monoisotopic (exact) mass is 345 g/mol. The van der Waals surface area contributed by atoms with E-state index in [1.165, 1.54) is 22.5 Å². The molecule has 0 radical (unpaired) electrons. The molecular weight excluding hydrogens is 330 g/mol. The minimum Gasteiger partial charge on any atom is -0.469 e. The third-order valence-corrected chi connectivity index (χ3v) is 4.71. The molecule has 0 saturated heterocycles. The van der Waals surface area contributed by atoms with Gasteiger partial charge in [-0.15, -0.1) is 10.2 Å². The first-order valence-electron chi connectivity index (χ1n) is 7.13. The molecule has 9 heteroatoms. The van der Waals surface area contributed by atoms with Gasteiger partial charge in [-0.2, -0.15) is 0 Å². The molecule has 3 rings (SSSR count). The van der Waals surface area contributed by atoms with Crippen LogP contribution in [-0.4, -0.2) is 19.8 Å². The molecule has 3 aromatic rings. The zero-order chi connectivity index (χ0) is 17.3. The maximum absolute atomic E-state index is 10.9. The largest absolute Gasteiger partial charge is 0.469 e. The normalized spacial score (nSPS) is 12.2. The summed E-state index contributed by atoms with van der Waals surface area (Å²) in [5.74, 6) is 7.30. The molecule has 1 aromatic carbocycles. The molecule has 2 N–H and O–H groups in total. The Morgan fingerprint density at radius 1 is 1.38 bits per heavy atom. The molecule has 0 spiro atoms. The standard InChI is InChI=1S/C15H15N5O3S/c1-9-13(6-7-23-9)14-17-18-15(19(14)16)24-10(2)11-4-3-5-12(8-11)20(21)22/h3-8,10H,16H2,1-2H3. The number of thioether (sulfide) groups is 1. The number of nitrogen functional groups attached to an aromatic ring is 1. The molecule has 0 aliphatic rings. The Kier molecular flexibility index (Phi) is 4.26. The summed E-state index contributed by atoms with van der Waals surface area (Å²) in [5.41, 5.74) is 1.65. The van der Waals surface area contributed by atoms with Gasteiger partial charge in [-0.25, -0.2) is 4.68 Å². The zero-order valence-corrected chi connectivity index (χ0v) is 13.9. The number of aromatic nitrogens is 3. The Balaban J connectivity index is 1.84. The van der Waals surface area contributed by atoms with Gasteiger partial charge in [-0.1, -0.05) is 23.9 Å². The van der Waals surface area contributed by atoms with Crippen molar-refractivity contribution in [2.45, 2.75) is 24.3 Å². The van der Waals surface area contributed by atoms with E-state index >= 15 is 0 Å². The van der Waals surface area contributed by atoms with E-state index in [-0.39, 0.29) is 10.9 Å². The number of aryl methyl sites for hydroxylation is 1. The Bertz CT molecular complexity index is 889. The van der Waals surface area contributed by atoms with Crippen LogP contribution in [-0.2, 0) is 0 Å². The topological polar surface area (TPSA) is 113 Å². The minimum atomic E-state index is -0.411. The molecule has 0 aliphatic carbocycles. The molecule has 2 aromatic heterocycles. The third-order valence-electron chi connectivity index (χ3n) is 3.60. The van der Waals surface area contributed by atoms with Crippen molar-refractivity contribution in [3.8, 4) is 11.4 Å². The molecular formula is C15H15N5O3S. The van der Waals surface area contributed by atoms with Crippen molar-refractivity contribution in [3.05, 3.63) is 58.0 Å². The molecule has 0 amide bonds. The fourth-order valence-electron chi connectivity index (χ4n) is 2.28. The van der Waals surface area contributed by atoms with Crippen LogP contribution in [0, 0.1) is 17.0 Å². The summed E-state index contributed by atoms with van der Waals surface area (Å²) in [6, 6.07) is 8.30. The van der Waals surface area contributed by atoms with E-state index in [4.69, 9.17) is 10.3 Å². The SMILES string of the molecule is Cc1occc1-c1nnc(SC(C)c2cccc([N+](=O)[O-])c2)n1N. The molecule has 2 heterocycles. The number of nitro benzene ring substituents is 1. The number of benzene rings is 1. The van der Waals surface area contributed by atoms with Gasteiger partial charge in [0.05, 0.1) is 16.7 Å². The Labute approximate surface area is 141 Å². The summed E-state index contributed by atoms with van der Waals surface area (Å²) >= 11 is 1.38. The molecule has 0 bridgehead atoms. The Morgan fingerprint density at radius 2 is 2.17 bits per heavy atom. The number of rotatable bonds is 5. The zero-order valence-electron chi connectivity index (χ0n) is 13.0. The highest BCUT2D eigenvalue weighted by Crippen LogP contribution is 2.35. The molecule has 124 valence electrons. The molecule has 0 fully saturated rings. The van der Waals surface area contributed by atoms with Crippen molar-refractivity contribution in [1.82, 2.24) is 14.9 Å². The van der Waals surface area contributed by atoms with Crippen LogP contribution < -0.4 is 5.84 Å². The van der Waals surface area contributed by atoms with E-state index < -0.39 is 4.92 Å². The van der Waals surface area contributed by atoms with E-state index in [0.29, 0.717) is 16.7 Å². The van der Waals surface area contributed by atoms with Gasteiger partial charge in [0.2, 0.25) is 5.16 Å². The van der Waals surface area contributed by atoms with Gasteiger partial charge in [0, 0.05) is 17.4 Å². The Morgan fingerprint density at radius 3 is 2.83 bits per heavy atom. The number of hydrogen-bond donors (Lipinski definition) is 1. The van der Waals surface area contributed by atoms with E-state index in [2.05, 4.69) is 10.2 Å². The van der Waals surface area contributed by atoms with E-state index in [9.17, 15) is 10.1 Å². The molecule has 1 unspecified atom stereocenters. The van der Waals surface area contributed by atoms with E-state index in [1.54, 1.807) is 24.5 Å². The van der Waals surface area contributed by atoms with Crippen molar-refractivity contribution in [3.63, 3.8) is 0 Å². The number of nitrogens with zero attached hydrogens (tertiary/aromatic N) is 4. The second-order valence-corrected chi connectivity index (χ2v) is 6.49. The lowest BCUT2D eigenvalue weighted by molar-refractivity contribution is -0.384. The molecule has 0 saturated carbocycles. The van der Waals surface area contributed by atoms with Crippen molar-refractivity contribution in [1.29, 1.82) is 0 Å². The summed E-state index contributed by atoms with van der Waals surface area (Å²) in [4.78, 5) is 10.5. The van der Waals surface area contributed by atoms with Gasteiger partial charge in [0.1, 0.15) is 5.76 Å². The van der Waals surface area contributed by atoms with Crippen molar-refractivity contribution in [2.24, 2.45) is 0 Å². The second-order valence-electron chi connectivity index (χ2n) is 5.18. The summed E-state index contributed by atoms with van der Waals surface area (Å²) in [5, 5.41) is 19.6. The molecule has 0 aliphatic heterocycles. The van der Waals surface area contributed by atoms with Gasteiger partial charge < -0.3 is 10.3 Å². The van der Waals surface area contributed by atoms with Crippen LogP contribution >= 0.6 is 11.8 Å². The Hall–Kier alpha value is -2.81. The first-order chi connectivity index (χ1) is 11.5. The van der Waals surface area contributed by atoms with Crippen LogP contribution in [0.3, 0.4) is 0 Å². The number of furan rings is 1. The highest BCUT2D eigenvalue weighted by molar-refractivity contribution is 7.99. The smallest absolute Gasteiger partial charge is 0.269 e. The lowest BCUT2D eigenvalue weighted by atomic mass is 10.1. The second kappa shape index (κ2) is 6.36. The minimum absolute atomic E-state index is 0.0591. The summed E-state index contributed by atoms with van der Waals surface area (Å²) in [6.07, 6.45) is 1.57. The van der Waals surface area contributed by atoms with Gasteiger partial charge in [0.15, 0.2) is 5.82 Å². The average Bonchev–Trinajstić information content (AvgIpc) is 3.14. The third kappa shape index (κ3) is 2.98. The summed E-state index contributed by atoms with van der Waals surface area (Å²) < 4.78 is 6.66. The van der Waals surface area contributed by atoms with Gasteiger partial charge in [-0.05, 0) is 25.5 Å². The predicted octanol–water partition coefficient (Wildman–Crippen LogP) is 3.32. The first kappa shape index (κ1) is 16.1. The summed E-state index contributed by atoms with van der Waals surface area (Å²) in [6.45, 7) is 3.75. The fourth-order valence-corrected chi connectivity index (χ4v) is 3.16. The van der Waals surface area contributed by atoms with Crippen LogP contribution in [0.1, 0.15) is 23.5 Å². The van der Waals surface area contributed by atoms with Crippen molar-refractivity contribution >= 4 is 17.4 Å². The lowest BCUT2D eigenvalue weighted by Gasteiger charge is -2.10. The molecule has 8 nitrogen and oxygen atoms in total. The molecule has 24 heavy (non-hydrogen) atoms. The van der Waals surface area contributed by atoms with Crippen LogP contribution in [0.25, 0.3) is 11.4 Å². The van der Waals surface area contributed by atoms with Crippen LogP contribution in [0.15, 0.2) is 46.2 Å². The van der Waals surface area contributed by atoms with Crippen LogP contribution in [0.4, 0.5) is 5.69 Å². The van der Waals surface area contributed by atoms with Crippen LogP contribution in [0.5, 0.6) is 0 Å². The number of nitrogens with two attached hydrogens (primary N) is 1.